The van der Waals surface area contributed by atoms with Gasteiger partial charge < -0.3 is 9.88 Å². The van der Waals surface area contributed by atoms with Gasteiger partial charge in [0.1, 0.15) is 0 Å². The van der Waals surface area contributed by atoms with Gasteiger partial charge in [-0.05, 0) is 37.1 Å². The third kappa shape index (κ3) is 3.93. The Labute approximate surface area is 129 Å². The van der Waals surface area contributed by atoms with E-state index in [9.17, 15) is 0 Å². The van der Waals surface area contributed by atoms with Crippen molar-refractivity contribution in [2.75, 3.05) is 6.54 Å². The topological polar surface area (TPSA) is 29.9 Å². The lowest BCUT2D eigenvalue weighted by atomic mass is 10.1. The van der Waals surface area contributed by atoms with Gasteiger partial charge in [0, 0.05) is 17.2 Å². The summed E-state index contributed by atoms with van der Waals surface area (Å²) in [6, 6.07) is 8.72. The summed E-state index contributed by atoms with van der Waals surface area (Å²) in [5, 5.41) is 3.48. The number of halogens is 1. The lowest BCUT2D eigenvalue weighted by Gasteiger charge is -2.18. The van der Waals surface area contributed by atoms with Crippen LogP contribution in [0.2, 0.25) is 0 Å². The van der Waals surface area contributed by atoms with Crippen molar-refractivity contribution < 1.29 is 0 Å². The Morgan fingerprint density at radius 3 is 2.80 bits per heavy atom. The van der Waals surface area contributed by atoms with Crippen LogP contribution in [0.5, 0.6) is 0 Å². The van der Waals surface area contributed by atoms with E-state index in [0.29, 0.717) is 5.92 Å². The molecule has 1 aromatic heterocycles. The summed E-state index contributed by atoms with van der Waals surface area (Å²) in [6.45, 7) is 8.52. The van der Waals surface area contributed by atoms with Crippen molar-refractivity contribution in [2.24, 2.45) is 5.92 Å². The van der Waals surface area contributed by atoms with Gasteiger partial charge in [0.15, 0.2) is 0 Å². The Balaban J connectivity index is 2.10. The van der Waals surface area contributed by atoms with Gasteiger partial charge >= 0.3 is 0 Å². The van der Waals surface area contributed by atoms with Gasteiger partial charge in [-0.1, -0.05) is 41.9 Å². The fourth-order valence-corrected chi connectivity index (χ4v) is 2.65. The summed E-state index contributed by atoms with van der Waals surface area (Å²) in [4.78, 5) is 4.30. The average Bonchev–Trinajstić information content (AvgIpc) is 2.86. The van der Waals surface area contributed by atoms with E-state index in [-0.39, 0.29) is 6.04 Å². The molecule has 4 heteroatoms. The summed E-state index contributed by atoms with van der Waals surface area (Å²) < 4.78 is 3.34. The molecule has 1 heterocycles. The number of aromatic nitrogens is 2. The van der Waals surface area contributed by atoms with Gasteiger partial charge in [0.05, 0.1) is 18.1 Å². The zero-order valence-corrected chi connectivity index (χ0v) is 13.9. The van der Waals surface area contributed by atoms with Gasteiger partial charge in [0.25, 0.3) is 0 Å². The van der Waals surface area contributed by atoms with Crippen LogP contribution in [-0.2, 0) is 6.54 Å². The predicted octanol–water partition coefficient (Wildman–Crippen LogP) is 4.00. The number of hydrogen-bond donors (Lipinski definition) is 1. The predicted molar refractivity (Wildman–Crippen MR) is 86.7 cm³/mol. The molecule has 0 aliphatic rings. The molecule has 1 atom stereocenters. The molecule has 0 spiro atoms. The smallest absolute Gasteiger partial charge is 0.0954 e. The van der Waals surface area contributed by atoms with Crippen LogP contribution < -0.4 is 5.32 Å². The summed E-state index contributed by atoms with van der Waals surface area (Å²) in [7, 11) is 0. The molecular formula is C16H22BrN3. The maximum absolute atomic E-state index is 4.30. The van der Waals surface area contributed by atoms with Crippen LogP contribution in [0.25, 0.3) is 0 Å². The van der Waals surface area contributed by atoms with Gasteiger partial charge in [-0.15, -0.1) is 0 Å². The molecule has 0 saturated heterocycles. The number of imidazole rings is 1. The second kappa shape index (κ2) is 7.04. The normalized spacial score (nSPS) is 12.8. The quantitative estimate of drug-likeness (QED) is 0.864. The molecule has 3 nitrogen and oxygen atoms in total. The van der Waals surface area contributed by atoms with Crippen LogP contribution in [0.4, 0.5) is 0 Å². The second-order valence-corrected chi connectivity index (χ2v) is 6.46. The van der Waals surface area contributed by atoms with Gasteiger partial charge in [-0.25, -0.2) is 4.98 Å². The Morgan fingerprint density at radius 1 is 1.30 bits per heavy atom. The molecule has 2 aromatic rings. The van der Waals surface area contributed by atoms with Crippen molar-refractivity contribution in [2.45, 2.75) is 33.4 Å². The summed E-state index contributed by atoms with van der Waals surface area (Å²) in [5.74, 6) is 0.661. The highest BCUT2D eigenvalue weighted by atomic mass is 79.9. The molecule has 20 heavy (non-hydrogen) atoms. The average molecular weight is 336 g/mol. The van der Waals surface area contributed by atoms with E-state index in [4.69, 9.17) is 0 Å². The molecule has 1 N–H and O–H groups in total. The largest absolute Gasteiger partial charge is 0.326 e. The van der Waals surface area contributed by atoms with Crippen LogP contribution in [-0.4, -0.2) is 16.1 Å². The van der Waals surface area contributed by atoms with Crippen molar-refractivity contribution in [1.29, 1.82) is 0 Å². The third-order valence-electron chi connectivity index (χ3n) is 3.35. The van der Waals surface area contributed by atoms with Crippen LogP contribution >= 0.6 is 15.9 Å². The summed E-state index contributed by atoms with van der Waals surface area (Å²) in [6.07, 6.45) is 3.86. The first-order valence-electron chi connectivity index (χ1n) is 7.05. The highest BCUT2D eigenvalue weighted by Crippen LogP contribution is 2.22. The summed E-state index contributed by atoms with van der Waals surface area (Å²) in [5.41, 5.74) is 2.50. The van der Waals surface area contributed by atoms with Crippen molar-refractivity contribution in [3.05, 3.63) is 52.5 Å². The first-order valence-corrected chi connectivity index (χ1v) is 7.84. The minimum absolute atomic E-state index is 0.283. The Morgan fingerprint density at radius 2 is 2.10 bits per heavy atom. The zero-order valence-electron chi connectivity index (χ0n) is 12.3. The van der Waals surface area contributed by atoms with E-state index in [1.54, 1.807) is 0 Å². The molecule has 0 fully saturated rings. The van der Waals surface area contributed by atoms with E-state index in [1.807, 2.05) is 12.5 Å². The maximum Gasteiger partial charge on any atom is 0.0954 e. The number of rotatable bonds is 6. The molecule has 0 amide bonds. The van der Waals surface area contributed by atoms with Crippen LogP contribution in [0.1, 0.15) is 38.1 Å². The minimum atomic E-state index is 0.283. The molecule has 0 saturated carbocycles. The molecular weight excluding hydrogens is 314 g/mol. The monoisotopic (exact) mass is 335 g/mol. The highest BCUT2D eigenvalue weighted by molar-refractivity contribution is 9.10. The van der Waals surface area contributed by atoms with Crippen molar-refractivity contribution in [1.82, 2.24) is 14.9 Å². The maximum atomic E-state index is 4.30. The van der Waals surface area contributed by atoms with Gasteiger partial charge in [0.2, 0.25) is 0 Å². The molecule has 0 radical (unpaired) electrons. The molecule has 1 aromatic carbocycles. The molecule has 0 aliphatic carbocycles. The molecule has 0 bridgehead atoms. The number of nitrogens with zero attached hydrogens (tertiary/aromatic N) is 2. The van der Waals surface area contributed by atoms with Gasteiger partial charge in [-0.3, -0.25) is 0 Å². The lowest BCUT2D eigenvalue weighted by Crippen LogP contribution is -2.21. The standard InChI is InChI=1S/C16H22BrN3/c1-12(2)8-18-9-16-10-19-11-20(16)13(3)14-5-4-6-15(17)7-14/h4-7,10-13,18H,8-9H2,1-3H3. The lowest BCUT2D eigenvalue weighted by molar-refractivity contribution is 0.525. The second-order valence-electron chi connectivity index (χ2n) is 5.55. The zero-order chi connectivity index (χ0) is 14.5. The molecule has 1 unspecified atom stereocenters. The van der Waals surface area contributed by atoms with Crippen molar-refractivity contribution in [3.8, 4) is 0 Å². The van der Waals surface area contributed by atoms with Gasteiger partial charge in [-0.2, -0.15) is 0 Å². The Kier molecular flexibility index (Phi) is 5.38. The van der Waals surface area contributed by atoms with Crippen LogP contribution in [0.3, 0.4) is 0 Å². The highest BCUT2D eigenvalue weighted by Gasteiger charge is 2.11. The first kappa shape index (κ1) is 15.3. The molecule has 108 valence electrons. The minimum Gasteiger partial charge on any atom is -0.326 e. The molecule has 2 rings (SSSR count). The van der Waals surface area contributed by atoms with Crippen LogP contribution in [0, 0.1) is 5.92 Å². The fourth-order valence-electron chi connectivity index (χ4n) is 2.23. The summed E-state index contributed by atoms with van der Waals surface area (Å²) >= 11 is 3.53. The SMILES string of the molecule is CC(C)CNCc1cncn1C(C)c1cccc(Br)c1. The van der Waals surface area contributed by atoms with E-state index >= 15 is 0 Å². The third-order valence-corrected chi connectivity index (χ3v) is 3.85. The number of hydrogen-bond acceptors (Lipinski definition) is 2. The number of nitrogens with one attached hydrogen (secondary N) is 1. The fraction of sp³-hybridized carbons (Fsp3) is 0.438. The Bertz CT molecular complexity index is 548. The first-order chi connectivity index (χ1) is 9.58. The van der Waals surface area contributed by atoms with E-state index in [0.717, 1.165) is 17.6 Å². The van der Waals surface area contributed by atoms with Crippen molar-refractivity contribution in [3.63, 3.8) is 0 Å². The van der Waals surface area contributed by atoms with E-state index in [2.05, 4.69) is 75.8 Å². The number of benzene rings is 1. The van der Waals surface area contributed by atoms with E-state index < -0.39 is 0 Å². The van der Waals surface area contributed by atoms with E-state index in [1.165, 1.54) is 11.3 Å². The van der Waals surface area contributed by atoms with Crippen molar-refractivity contribution >= 4 is 15.9 Å². The van der Waals surface area contributed by atoms with Crippen LogP contribution in [0.15, 0.2) is 41.3 Å². The molecule has 0 aliphatic heterocycles. The Hall–Kier alpha value is -1.13.